The number of aromatic nitrogens is 2. The van der Waals surface area contributed by atoms with Gasteiger partial charge in [-0.25, -0.2) is 17.4 Å². The van der Waals surface area contributed by atoms with E-state index >= 15 is 0 Å². The van der Waals surface area contributed by atoms with E-state index in [2.05, 4.69) is 5.32 Å². The molecular formula is C31H27N3O6S2. The lowest BCUT2D eigenvalue weighted by Gasteiger charge is -2.18. The van der Waals surface area contributed by atoms with Crippen LogP contribution >= 0.6 is 11.3 Å². The number of nitrogens with zero attached hydrogens (tertiary/aromatic N) is 2. The third-order valence-corrected chi connectivity index (χ3v) is 9.83. The second kappa shape index (κ2) is 11.0. The van der Waals surface area contributed by atoms with E-state index in [0.717, 1.165) is 10.4 Å². The first kappa shape index (κ1) is 27.6. The van der Waals surface area contributed by atoms with Gasteiger partial charge in [-0.3, -0.25) is 10.1 Å². The molecule has 2 aromatic heterocycles. The molecule has 0 atom stereocenters. The number of fused-ring (bicyclic) bond motifs is 3. The zero-order valence-electron chi connectivity index (χ0n) is 23.1. The lowest BCUT2D eigenvalue weighted by atomic mass is 9.93. The van der Waals surface area contributed by atoms with Crippen LogP contribution in [0.3, 0.4) is 0 Å². The van der Waals surface area contributed by atoms with Crippen LogP contribution in [-0.4, -0.2) is 44.6 Å². The topological polar surface area (TPSA) is 109 Å². The van der Waals surface area contributed by atoms with Gasteiger partial charge >= 0.3 is 0 Å². The fourth-order valence-corrected chi connectivity index (χ4v) is 7.57. The maximum Gasteiger partial charge on any atom is 0.268 e. The van der Waals surface area contributed by atoms with Crippen molar-refractivity contribution < 1.29 is 27.4 Å². The Balaban J connectivity index is 1.53. The van der Waals surface area contributed by atoms with E-state index < -0.39 is 10.0 Å². The zero-order valence-corrected chi connectivity index (χ0v) is 24.7. The Bertz CT molecular complexity index is 1870. The summed E-state index contributed by atoms with van der Waals surface area (Å²) in [5.41, 5.74) is 3.76. The molecule has 1 aliphatic carbocycles. The number of hydrogen-bond acceptors (Lipinski definition) is 8. The highest BCUT2D eigenvalue weighted by molar-refractivity contribution is 7.90. The molecule has 1 aliphatic rings. The number of anilines is 1. The number of aryl methyl sites for hydroxylation is 1. The molecule has 5 aromatic rings. The van der Waals surface area contributed by atoms with Crippen LogP contribution in [0.1, 0.15) is 20.8 Å². The van der Waals surface area contributed by atoms with Crippen LogP contribution in [0, 0.1) is 0 Å². The fraction of sp³-hybridized carbons (Fsp3) is 0.161. The van der Waals surface area contributed by atoms with Crippen molar-refractivity contribution in [3.8, 4) is 39.8 Å². The van der Waals surface area contributed by atoms with Gasteiger partial charge in [0, 0.05) is 27.8 Å². The second-order valence-corrected chi connectivity index (χ2v) is 12.4. The summed E-state index contributed by atoms with van der Waals surface area (Å²) in [5.74, 6) is 0.953. The molecule has 1 amide bonds. The number of rotatable bonds is 8. The summed E-state index contributed by atoms with van der Waals surface area (Å²) in [7, 11) is 0.542. The van der Waals surface area contributed by atoms with Gasteiger partial charge in [0.1, 0.15) is 0 Å². The number of thiazole rings is 1. The van der Waals surface area contributed by atoms with Crippen molar-refractivity contribution in [2.75, 3.05) is 26.6 Å². The summed E-state index contributed by atoms with van der Waals surface area (Å²) in [5, 5.41) is 3.35. The van der Waals surface area contributed by atoms with Gasteiger partial charge < -0.3 is 14.2 Å². The van der Waals surface area contributed by atoms with E-state index in [4.69, 9.17) is 19.2 Å². The molecule has 0 radical (unpaired) electrons. The van der Waals surface area contributed by atoms with E-state index in [9.17, 15) is 13.2 Å². The molecule has 11 heteroatoms. The van der Waals surface area contributed by atoms with Gasteiger partial charge in [-0.1, -0.05) is 36.4 Å². The van der Waals surface area contributed by atoms with Crippen molar-refractivity contribution in [1.29, 1.82) is 0 Å². The number of hydrogen-bond donors (Lipinski definition) is 1. The number of nitrogens with one attached hydrogen (secondary N) is 1. The second-order valence-electron chi connectivity index (χ2n) is 9.51. The van der Waals surface area contributed by atoms with Gasteiger partial charge in [0.2, 0.25) is 5.75 Å². The lowest BCUT2D eigenvalue weighted by Crippen LogP contribution is -2.14. The SMILES string of the molecule is COc1cc(-c2c3c(cn2S(=O)(=O)c2ccccc2)-c2nc(NC(=O)c4ccccc4)sc2CC3)cc(OC)c1OC. The van der Waals surface area contributed by atoms with Gasteiger partial charge in [-0.15, -0.1) is 11.3 Å². The first-order chi connectivity index (χ1) is 20.3. The zero-order chi connectivity index (χ0) is 29.4. The molecule has 1 N–H and O–H groups in total. The molecule has 42 heavy (non-hydrogen) atoms. The molecule has 214 valence electrons. The molecule has 0 fully saturated rings. The highest BCUT2D eigenvalue weighted by Crippen LogP contribution is 2.47. The first-order valence-corrected chi connectivity index (χ1v) is 15.3. The smallest absolute Gasteiger partial charge is 0.268 e. The standard InChI is InChI=1S/C31H27N3O6S2/c1-38-24-16-20(17-25(39-2)29(24)40-3)28-22-14-15-26-27(32-31(41-26)33-30(35)19-10-6-4-7-11-19)23(22)18-34(28)42(36,37)21-12-8-5-9-13-21/h4-13,16-18H,14-15H2,1-3H3,(H,32,33,35). The predicted molar refractivity (Wildman–Crippen MR) is 161 cm³/mol. The molecule has 0 spiro atoms. The van der Waals surface area contributed by atoms with E-state index in [1.807, 2.05) is 6.07 Å². The van der Waals surface area contributed by atoms with Crippen LogP contribution in [0.5, 0.6) is 17.2 Å². The minimum Gasteiger partial charge on any atom is -0.493 e. The third kappa shape index (κ3) is 4.70. The van der Waals surface area contributed by atoms with E-state index in [-0.39, 0.29) is 10.8 Å². The maximum atomic E-state index is 14.1. The van der Waals surface area contributed by atoms with Crippen molar-refractivity contribution in [3.63, 3.8) is 0 Å². The number of ether oxygens (including phenoxy) is 3. The van der Waals surface area contributed by atoms with Crippen LogP contribution < -0.4 is 19.5 Å². The van der Waals surface area contributed by atoms with Crippen LogP contribution in [0.25, 0.3) is 22.5 Å². The summed E-state index contributed by atoms with van der Waals surface area (Å²) in [6, 6.07) is 20.7. The first-order valence-electron chi connectivity index (χ1n) is 13.1. The Morgan fingerprint density at radius 1 is 0.905 bits per heavy atom. The fourth-order valence-electron chi connectivity index (χ4n) is 5.17. The van der Waals surface area contributed by atoms with E-state index in [0.29, 0.717) is 63.3 Å². The number of carbonyl (C=O) groups is 1. The molecule has 0 saturated carbocycles. The van der Waals surface area contributed by atoms with Crippen LogP contribution in [0.15, 0.2) is 83.9 Å². The number of carbonyl (C=O) groups excluding carboxylic acids is 1. The van der Waals surface area contributed by atoms with E-state index in [1.165, 1.54) is 36.6 Å². The summed E-state index contributed by atoms with van der Waals surface area (Å²) in [6.45, 7) is 0. The minimum absolute atomic E-state index is 0.153. The normalized spacial score (nSPS) is 12.3. The summed E-state index contributed by atoms with van der Waals surface area (Å²) >= 11 is 1.40. The molecule has 0 unspecified atom stereocenters. The highest BCUT2D eigenvalue weighted by Gasteiger charge is 2.32. The Morgan fingerprint density at radius 2 is 1.55 bits per heavy atom. The Labute approximate surface area is 247 Å². The Hall–Kier alpha value is -4.61. The molecule has 2 heterocycles. The van der Waals surface area contributed by atoms with Gasteiger partial charge in [-0.2, -0.15) is 0 Å². The highest BCUT2D eigenvalue weighted by atomic mass is 32.2. The van der Waals surface area contributed by atoms with Crippen molar-refractivity contribution in [2.45, 2.75) is 17.7 Å². The Morgan fingerprint density at radius 3 is 2.17 bits per heavy atom. The monoisotopic (exact) mass is 601 g/mol. The quantitative estimate of drug-likeness (QED) is 0.236. The molecule has 0 saturated heterocycles. The Kier molecular flexibility index (Phi) is 7.21. The van der Waals surface area contributed by atoms with Crippen molar-refractivity contribution in [2.24, 2.45) is 0 Å². The van der Waals surface area contributed by atoms with Crippen molar-refractivity contribution in [1.82, 2.24) is 8.96 Å². The van der Waals surface area contributed by atoms with Gasteiger partial charge in [-0.05, 0) is 54.8 Å². The number of methoxy groups -OCH3 is 3. The number of amides is 1. The van der Waals surface area contributed by atoms with Crippen molar-refractivity contribution >= 4 is 32.4 Å². The maximum absolute atomic E-state index is 14.1. The molecule has 9 nitrogen and oxygen atoms in total. The van der Waals surface area contributed by atoms with Crippen LogP contribution in [-0.2, 0) is 22.9 Å². The molecular weight excluding hydrogens is 574 g/mol. The van der Waals surface area contributed by atoms with Crippen LogP contribution in [0.4, 0.5) is 5.13 Å². The summed E-state index contributed by atoms with van der Waals surface area (Å²) < 4.78 is 46.2. The summed E-state index contributed by atoms with van der Waals surface area (Å²) in [6.07, 6.45) is 2.82. The van der Waals surface area contributed by atoms with Gasteiger partial charge in [0.15, 0.2) is 16.6 Å². The average molecular weight is 602 g/mol. The molecule has 6 rings (SSSR count). The largest absolute Gasteiger partial charge is 0.493 e. The molecule has 0 aliphatic heterocycles. The summed E-state index contributed by atoms with van der Waals surface area (Å²) in [4.78, 5) is 18.7. The van der Waals surface area contributed by atoms with Gasteiger partial charge in [0.25, 0.3) is 15.9 Å². The molecule has 0 bridgehead atoms. The molecule has 3 aromatic carbocycles. The minimum atomic E-state index is -4.01. The van der Waals surface area contributed by atoms with Crippen molar-refractivity contribution in [3.05, 3.63) is 95.0 Å². The van der Waals surface area contributed by atoms with Gasteiger partial charge in [0.05, 0.1) is 37.6 Å². The van der Waals surface area contributed by atoms with E-state index in [1.54, 1.807) is 72.9 Å². The lowest BCUT2D eigenvalue weighted by molar-refractivity contribution is 0.102. The predicted octanol–water partition coefficient (Wildman–Crippen LogP) is 5.89. The average Bonchev–Trinajstić information content (AvgIpc) is 3.63. The number of benzene rings is 3. The van der Waals surface area contributed by atoms with Crippen LogP contribution in [0.2, 0.25) is 0 Å². The third-order valence-electron chi connectivity index (χ3n) is 7.13.